The van der Waals surface area contributed by atoms with Gasteiger partial charge in [-0.3, -0.25) is 0 Å². The van der Waals surface area contributed by atoms with Crippen molar-refractivity contribution in [3.8, 4) is 0 Å². The average Bonchev–Trinajstić information content (AvgIpc) is 3.00. The molecule has 2 N–H and O–H groups in total. The number of benzene rings is 1. The Morgan fingerprint density at radius 1 is 1.33 bits per heavy atom. The molecule has 0 aliphatic carbocycles. The lowest BCUT2D eigenvalue weighted by Crippen LogP contribution is -2.50. The van der Waals surface area contributed by atoms with Gasteiger partial charge in [0, 0.05) is 5.57 Å². The first-order valence-electron chi connectivity index (χ1n) is 9.20. The highest BCUT2D eigenvalue weighted by molar-refractivity contribution is 5.76. The van der Waals surface area contributed by atoms with E-state index in [0.717, 1.165) is 22.2 Å². The number of aliphatic hydroxyl groups is 1. The second-order valence-electron chi connectivity index (χ2n) is 8.14. The molecule has 0 spiro atoms. The van der Waals surface area contributed by atoms with Gasteiger partial charge in [-0.15, -0.1) is 0 Å². The zero-order chi connectivity index (χ0) is 20.2. The lowest BCUT2D eigenvalue weighted by atomic mass is 9.94. The Kier molecular flexibility index (Phi) is 6.31. The van der Waals surface area contributed by atoms with Crippen molar-refractivity contribution in [3.63, 3.8) is 0 Å². The van der Waals surface area contributed by atoms with E-state index < -0.39 is 17.2 Å². The van der Waals surface area contributed by atoms with Crippen molar-refractivity contribution in [3.05, 3.63) is 35.7 Å². The number of aliphatic hydroxyl groups excluding tert-OH is 1. The molecule has 2 rings (SSSR count). The lowest BCUT2D eigenvalue weighted by Gasteiger charge is -2.30. The average molecular weight is 374 g/mol. The van der Waals surface area contributed by atoms with Crippen LogP contribution in [0, 0.1) is 0 Å². The number of carbonyl (C=O) groups is 1. The highest BCUT2D eigenvalue weighted by Crippen LogP contribution is 2.23. The number of nitrogens with zero attached hydrogens (tertiary/aromatic N) is 1. The zero-order valence-electron chi connectivity index (χ0n) is 17.0. The molecule has 6 heteroatoms. The van der Waals surface area contributed by atoms with Gasteiger partial charge in [0.2, 0.25) is 5.89 Å². The number of carbonyl (C=O) groups excluding carboxylic acids is 1. The van der Waals surface area contributed by atoms with Gasteiger partial charge in [-0.05, 0) is 72.1 Å². The van der Waals surface area contributed by atoms with Crippen molar-refractivity contribution >= 4 is 22.8 Å². The quantitative estimate of drug-likeness (QED) is 0.780. The Balaban J connectivity index is 2.07. The molecular formula is C21H30N2O4. The van der Waals surface area contributed by atoms with E-state index >= 15 is 0 Å². The third-order valence-corrected chi connectivity index (χ3v) is 4.34. The summed E-state index contributed by atoms with van der Waals surface area (Å²) in [5.74, 6) is 0.622. The van der Waals surface area contributed by atoms with E-state index in [0.29, 0.717) is 18.7 Å². The maximum Gasteiger partial charge on any atom is 0.408 e. The van der Waals surface area contributed by atoms with Crippen molar-refractivity contribution in [2.75, 3.05) is 6.61 Å². The standard InChI is InChI=1S/C21H30N2O4/c1-7-14(2)18-22-16-12-15(8-9-17(16)26-18)10-11-21(6,13-24)23-19(25)27-20(3,4)5/h7-9,12,24H,10-11,13H2,1-6H3,(H,23,25)/b14-7+/t21-/m1/s1. The molecule has 0 fully saturated rings. The molecule has 0 saturated heterocycles. The number of aryl methyl sites for hydroxylation is 1. The van der Waals surface area contributed by atoms with Crippen molar-refractivity contribution in [2.24, 2.45) is 0 Å². The van der Waals surface area contributed by atoms with Crippen LogP contribution in [0.4, 0.5) is 4.79 Å². The Morgan fingerprint density at radius 2 is 2.04 bits per heavy atom. The molecule has 2 aromatic rings. The van der Waals surface area contributed by atoms with Gasteiger partial charge in [0.25, 0.3) is 0 Å². The third-order valence-electron chi connectivity index (χ3n) is 4.34. The Labute approximate surface area is 160 Å². The molecule has 1 aromatic heterocycles. The molecule has 0 radical (unpaired) electrons. The molecule has 0 saturated carbocycles. The number of aromatic nitrogens is 1. The first-order chi connectivity index (χ1) is 12.5. The van der Waals surface area contributed by atoms with Crippen LogP contribution >= 0.6 is 0 Å². The van der Waals surface area contributed by atoms with E-state index in [2.05, 4.69) is 10.3 Å². The fraction of sp³-hybridized carbons (Fsp3) is 0.524. The topological polar surface area (TPSA) is 84.6 Å². The van der Waals surface area contributed by atoms with Crippen LogP contribution in [0.5, 0.6) is 0 Å². The zero-order valence-corrected chi connectivity index (χ0v) is 17.0. The number of ether oxygens (including phenoxy) is 1. The molecule has 6 nitrogen and oxygen atoms in total. The number of hydrogen-bond donors (Lipinski definition) is 2. The summed E-state index contributed by atoms with van der Waals surface area (Å²) in [7, 11) is 0. The van der Waals surface area contributed by atoms with E-state index in [9.17, 15) is 9.90 Å². The summed E-state index contributed by atoms with van der Waals surface area (Å²) in [6, 6.07) is 5.87. The Hall–Kier alpha value is -2.34. The van der Waals surface area contributed by atoms with E-state index in [-0.39, 0.29) is 6.61 Å². The van der Waals surface area contributed by atoms with E-state index in [4.69, 9.17) is 9.15 Å². The monoisotopic (exact) mass is 374 g/mol. The highest BCUT2D eigenvalue weighted by atomic mass is 16.6. The van der Waals surface area contributed by atoms with Gasteiger partial charge in [-0.25, -0.2) is 9.78 Å². The summed E-state index contributed by atoms with van der Waals surface area (Å²) in [6.07, 6.45) is 2.67. The third kappa shape index (κ3) is 5.82. The number of fused-ring (bicyclic) bond motifs is 1. The minimum Gasteiger partial charge on any atom is -0.444 e. The maximum absolute atomic E-state index is 12.0. The van der Waals surface area contributed by atoms with E-state index in [1.54, 1.807) is 27.7 Å². The largest absolute Gasteiger partial charge is 0.444 e. The summed E-state index contributed by atoms with van der Waals surface area (Å²) < 4.78 is 11.0. The van der Waals surface area contributed by atoms with Gasteiger partial charge in [0.1, 0.15) is 11.1 Å². The Bertz CT molecular complexity index is 832. The summed E-state index contributed by atoms with van der Waals surface area (Å²) >= 11 is 0. The molecule has 1 amide bonds. The van der Waals surface area contributed by atoms with Crippen LogP contribution in [0.2, 0.25) is 0 Å². The number of rotatable bonds is 6. The fourth-order valence-electron chi connectivity index (χ4n) is 2.57. The van der Waals surface area contributed by atoms with Crippen LogP contribution in [-0.4, -0.2) is 33.9 Å². The van der Waals surface area contributed by atoms with Gasteiger partial charge in [0.05, 0.1) is 12.1 Å². The van der Waals surface area contributed by atoms with Crippen LogP contribution in [0.15, 0.2) is 28.7 Å². The molecule has 0 aliphatic rings. The fourth-order valence-corrected chi connectivity index (χ4v) is 2.57. The smallest absolute Gasteiger partial charge is 0.408 e. The summed E-state index contributed by atoms with van der Waals surface area (Å²) in [5.41, 5.74) is 2.24. The van der Waals surface area contributed by atoms with E-state index in [1.165, 1.54) is 0 Å². The van der Waals surface area contributed by atoms with Crippen LogP contribution < -0.4 is 5.32 Å². The van der Waals surface area contributed by atoms with Crippen LogP contribution in [-0.2, 0) is 11.2 Å². The predicted molar refractivity (Wildman–Crippen MR) is 107 cm³/mol. The minimum atomic E-state index is -0.770. The molecule has 0 aliphatic heterocycles. The normalized spacial score (nSPS) is 14.9. The van der Waals surface area contributed by atoms with Crippen LogP contribution in [0.1, 0.15) is 59.4 Å². The SMILES string of the molecule is C/C=C(\C)c1nc2cc(CC[C@](C)(CO)NC(=O)OC(C)(C)C)ccc2o1. The van der Waals surface area contributed by atoms with Gasteiger partial charge in [0.15, 0.2) is 5.58 Å². The van der Waals surface area contributed by atoms with Crippen LogP contribution in [0.25, 0.3) is 16.7 Å². The van der Waals surface area contributed by atoms with E-state index in [1.807, 2.05) is 38.1 Å². The number of oxazole rings is 1. The maximum atomic E-state index is 12.0. The molecule has 1 heterocycles. The van der Waals surface area contributed by atoms with Gasteiger partial charge in [-0.1, -0.05) is 12.1 Å². The van der Waals surface area contributed by atoms with Crippen LogP contribution in [0.3, 0.4) is 0 Å². The van der Waals surface area contributed by atoms with Gasteiger partial charge in [-0.2, -0.15) is 0 Å². The summed E-state index contributed by atoms with van der Waals surface area (Å²) in [4.78, 5) is 16.6. The lowest BCUT2D eigenvalue weighted by molar-refractivity contribution is 0.0407. The second kappa shape index (κ2) is 8.13. The molecule has 1 aromatic carbocycles. The molecule has 0 unspecified atom stereocenters. The molecular weight excluding hydrogens is 344 g/mol. The Morgan fingerprint density at radius 3 is 2.63 bits per heavy atom. The molecule has 27 heavy (non-hydrogen) atoms. The molecule has 0 bridgehead atoms. The number of nitrogens with one attached hydrogen (secondary N) is 1. The second-order valence-corrected chi connectivity index (χ2v) is 8.14. The number of alkyl carbamates (subject to hydrolysis) is 1. The van der Waals surface area contributed by atoms with Crippen molar-refractivity contribution < 1.29 is 19.1 Å². The number of hydrogen-bond acceptors (Lipinski definition) is 5. The minimum absolute atomic E-state index is 0.177. The first-order valence-corrected chi connectivity index (χ1v) is 9.20. The van der Waals surface area contributed by atoms with Gasteiger partial charge >= 0.3 is 6.09 Å². The first kappa shape index (κ1) is 21.0. The predicted octanol–water partition coefficient (Wildman–Crippen LogP) is 4.46. The number of amides is 1. The van der Waals surface area contributed by atoms with Gasteiger partial charge < -0.3 is 19.6 Å². The molecule has 148 valence electrons. The van der Waals surface area contributed by atoms with Crippen molar-refractivity contribution in [1.29, 1.82) is 0 Å². The van der Waals surface area contributed by atoms with Crippen molar-refractivity contribution in [2.45, 2.75) is 65.5 Å². The summed E-state index contributed by atoms with van der Waals surface area (Å²) in [6.45, 7) is 10.9. The molecule has 1 atom stereocenters. The number of allylic oxidation sites excluding steroid dienone is 2. The van der Waals surface area contributed by atoms with Crippen molar-refractivity contribution in [1.82, 2.24) is 10.3 Å². The highest BCUT2D eigenvalue weighted by Gasteiger charge is 2.28. The summed E-state index contributed by atoms with van der Waals surface area (Å²) in [5, 5.41) is 12.6.